The molecule has 30 heavy (non-hydrogen) atoms. The number of nitrogens with one attached hydrogen (secondary N) is 1. The van der Waals surface area contributed by atoms with Crippen LogP contribution in [0.4, 0.5) is 0 Å². The molecule has 0 atom stereocenters. The van der Waals surface area contributed by atoms with Gasteiger partial charge in [-0.15, -0.1) is 0 Å². The Morgan fingerprint density at radius 3 is 2.70 bits per heavy atom. The van der Waals surface area contributed by atoms with Crippen LogP contribution in [0.15, 0.2) is 39.9 Å². The van der Waals surface area contributed by atoms with Gasteiger partial charge in [0.05, 0.1) is 5.57 Å². The number of amidine groups is 2. The fourth-order valence-electron chi connectivity index (χ4n) is 3.78. The van der Waals surface area contributed by atoms with E-state index in [-0.39, 0.29) is 17.3 Å². The van der Waals surface area contributed by atoms with Gasteiger partial charge in [0.25, 0.3) is 5.91 Å². The summed E-state index contributed by atoms with van der Waals surface area (Å²) in [5.41, 5.74) is 6.86. The van der Waals surface area contributed by atoms with Crippen LogP contribution in [0, 0.1) is 33.1 Å². The molecule has 1 amide bonds. The topological polar surface area (TPSA) is 73.8 Å². The van der Waals surface area contributed by atoms with E-state index in [4.69, 9.17) is 5.41 Å². The Hall–Kier alpha value is -2.93. The van der Waals surface area contributed by atoms with Crippen LogP contribution >= 0.6 is 11.8 Å². The van der Waals surface area contributed by atoms with Gasteiger partial charge in [-0.3, -0.25) is 10.2 Å². The van der Waals surface area contributed by atoms with Crippen LogP contribution < -0.4 is 0 Å². The molecule has 1 aromatic heterocycles. The molecule has 7 heteroatoms. The predicted molar refractivity (Wildman–Crippen MR) is 125 cm³/mol. The van der Waals surface area contributed by atoms with Crippen molar-refractivity contribution in [3.63, 3.8) is 0 Å². The summed E-state index contributed by atoms with van der Waals surface area (Å²) in [7, 11) is 0. The monoisotopic (exact) mass is 419 g/mol. The summed E-state index contributed by atoms with van der Waals surface area (Å²) in [5.74, 6) is -0.302. The number of aryl methyl sites for hydroxylation is 2. The summed E-state index contributed by atoms with van der Waals surface area (Å²) in [6, 6.07) is 8.32. The minimum atomic E-state index is -0.386. The molecule has 0 fully saturated rings. The van der Waals surface area contributed by atoms with E-state index in [0.29, 0.717) is 5.17 Å². The zero-order chi connectivity index (χ0) is 21.6. The zero-order valence-electron chi connectivity index (χ0n) is 17.9. The maximum absolute atomic E-state index is 12.7. The molecule has 1 N–H and O–H groups in total. The van der Waals surface area contributed by atoms with Crippen molar-refractivity contribution >= 4 is 39.8 Å². The number of aliphatic imine (C=N–C) groups is 1. The Labute approximate surface area is 180 Å². The first kappa shape index (κ1) is 20.3. The average Bonchev–Trinajstić information content (AvgIpc) is 3.22. The second-order valence-electron chi connectivity index (χ2n) is 7.64. The summed E-state index contributed by atoms with van der Waals surface area (Å²) < 4.78 is 2.20. The number of benzene rings is 1. The van der Waals surface area contributed by atoms with Gasteiger partial charge in [-0.1, -0.05) is 19.1 Å². The number of carbonyl (C=O) groups is 1. The fraction of sp³-hybridized carbons (Fsp3) is 0.304. The molecule has 0 aliphatic carbocycles. The highest BCUT2D eigenvalue weighted by atomic mass is 32.2. The first-order valence-electron chi connectivity index (χ1n) is 10.1. The third-order valence-corrected chi connectivity index (χ3v) is 6.52. The third-order valence-electron chi connectivity index (χ3n) is 5.55. The average molecular weight is 420 g/mol. The molecule has 0 radical (unpaired) electrons. The first-order chi connectivity index (χ1) is 14.3. The molecule has 2 aliphatic heterocycles. The maximum Gasteiger partial charge on any atom is 0.283 e. The van der Waals surface area contributed by atoms with Crippen LogP contribution in [-0.4, -0.2) is 31.5 Å². The van der Waals surface area contributed by atoms with Gasteiger partial charge in [0, 0.05) is 17.1 Å². The number of carbonyl (C=O) groups excluding carboxylic acids is 1. The van der Waals surface area contributed by atoms with E-state index < -0.39 is 0 Å². The Balaban J connectivity index is 1.75. The maximum atomic E-state index is 12.7. The van der Waals surface area contributed by atoms with Crippen molar-refractivity contribution in [2.24, 2.45) is 10.1 Å². The van der Waals surface area contributed by atoms with Gasteiger partial charge < -0.3 is 4.57 Å². The number of fused-ring (bicyclic) bond motifs is 1. The molecule has 2 aliphatic rings. The van der Waals surface area contributed by atoms with Crippen LogP contribution in [0.3, 0.4) is 0 Å². The standard InChI is InChI=1S/C23H25N5OS/c1-6-8-20-26-28-21(24)18(22(29)25-23(28)30-20)12-17-11-14(3)27(16(17)5)19-10-7-9-13(2)15(19)4/h7,9-12,24H,6,8H2,1-5H3/b18-12-,24-21?. The zero-order valence-corrected chi connectivity index (χ0v) is 18.7. The lowest BCUT2D eigenvalue weighted by Crippen LogP contribution is -2.35. The lowest BCUT2D eigenvalue weighted by molar-refractivity contribution is -0.114. The molecule has 154 valence electrons. The van der Waals surface area contributed by atoms with Gasteiger partial charge >= 0.3 is 0 Å². The lowest BCUT2D eigenvalue weighted by atomic mass is 10.1. The van der Waals surface area contributed by atoms with Gasteiger partial charge in [-0.25, -0.2) is 0 Å². The lowest BCUT2D eigenvalue weighted by Gasteiger charge is -2.20. The van der Waals surface area contributed by atoms with Crippen LogP contribution in [-0.2, 0) is 4.79 Å². The number of hydrogen-bond acceptors (Lipinski definition) is 4. The van der Waals surface area contributed by atoms with E-state index in [1.807, 2.05) is 6.92 Å². The Kier molecular flexibility index (Phi) is 5.24. The van der Waals surface area contributed by atoms with Crippen molar-refractivity contribution in [3.05, 3.63) is 57.9 Å². The number of amides is 1. The highest BCUT2D eigenvalue weighted by Gasteiger charge is 2.35. The fourth-order valence-corrected chi connectivity index (χ4v) is 4.77. The second kappa shape index (κ2) is 7.72. The molecule has 2 aromatic rings. The number of hydrazone groups is 1. The van der Waals surface area contributed by atoms with Crippen LogP contribution in [0.25, 0.3) is 11.8 Å². The van der Waals surface area contributed by atoms with Crippen LogP contribution in [0.1, 0.15) is 47.8 Å². The highest BCUT2D eigenvalue weighted by molar-refractivity contribution is 8.26. The SMILES string of the molecule is CCCC1=NN2C(=N)/C(=C/c3cc(C)n(-c4cccc(C)c4C)c3C)C(=O)N=C2S1. The van der Waals surface area contributed by atoms with E-state index in [2.05, 4.69) is 66.6 Å². The molecule has 0 saturated heterocycles. The van der Waals surface area contributed by atoms with Gasteiger partial charge in [0.15, 0.2) is 5.84 Å². The summed E-state index contributed by atoms with van der Waals surface area (Å²) in [5, 5.41) is 15.9. The molecular formula is C23H25N5OS. The van der Waals surface area contributed by atoms with E-state index >= 15 is 0 Å². The second-order valence-corrected chi connectivity index (χ2v) is 8.69. The number of aromatic nitrogens is 1. The molecule has 0 spiro atoms. The molecule has 4 rings (SSSR count). The summed E-state index contributed by atoms with van der Waals surface area (Å²) in [4.78, 5) is 16.9. The van der Waals surface area contributed by atoms with Crippen molar-refractivity contribution < 1.29 is 4.79 Å². The van der Waals surface area contributed by atoms with Crippen molar-refractivity contribution in [1.29, 1.82) is 5.41 Å². The van der Waals surface area contributed by atoms with E-state index in [0.717, 1.165) is 40.5 Å². The molecule has 1 aromatic carbocycles. The molecule has 0 bridgehead atoms. The van der Waals surface area contributed by atoms with Crippen molar-refractivity contribution in [3.8, 4) is 5.69 Å². The van der Waals surface area contributed by atoms with E-state index in [1.165, 1.54) is 27.9 Å². The van der Waals surface area contributed by atoms with Crippen molar-refractivity contribution in [1.82, 2.24) is 9.58 Å². The predicted octanol–water partition coefficient (Wildman–Crippen LogP) is 5.13. The van der Waals surface area contributed by atoms with E-state index in [1.54, 1.807) is 6.08 Å². The minimum Gasteiger partial charge on any atom is -0.318 e. The third kappa shape index (κ3) is 3.33. The molecule has 6 nitrogen and oxygen atoms in total. The quantitative estimate of drug-likeness (QED) is 0.698. The Morgan fingerprint density at radius 1 is 1.20 bits per heavy atom. The Bertz CT molecular complexity index is 1170. The first-order valence-corrected chi connectivity index (χ1v) is 10.9. The molecule has 0 unspecified atom stereocenters. The smallest absolute Gasteiger partial charge is 0.283 e. The number of nitrogens with zero attached hydrogens (tertiary/aromatic N) is 4. The minimum absolute atomic E-state index is 0.0835. The molecule has 3 heterocycles. The molecular weight excluding hydrogens is 394 g/mol. The normalized spacial score (nSPS) is 17.5. The van der Waals surface area contributed by atoms with Crippen molar-refractivity contribution in [2.45, 2.75) is 47.5 Å². The van der Waals surface area contributed by atoms with Gasteiger partial charge in [0.1, 0.15) is 5.04 Å². The van der Waals surface area contributed by atoms with E-state index in [9.17, 15) is 4.79 Å². The van der Waals surface area contributed by atoms with Crippen molar-refractivity contribution in [2.75, 3.05) is 0 Å². The number of thioether (sulfide) groups is 1. The summed E-state index contributed by atoms with van der Waals surface area (Å²) >= 11 is 1.38. The highest BCUT2D eigenvalue weighted by Crippen LogP contribution is 2.31. The largest absolute Gasteiger partial charge is 0.318 e. The molecule has 0 saturated carbocycles. The number of hydrogen-bond donors (Lipinski definition) is 1. The van der Waals surface area contributed by atoms with Gasteiger partial charge in [0.2, 0.25) is 5.17 Å². The number of rotatable bonds is 4. The van der Waals surface area contributed by atoms with Crippen LogP contribution in [0.5, 0.6) is 0 Å². The van der Waals surface area contributed by atoms with Gasteiger partial charge in [-0.05, 0) is 87.2 Å². The van der Waals surface area contributed by atoms with Gasteiger partial charge in [-0.2, -0.15) is 15.1 Å². The summed E-state index contributed by atoms with van der Waals surface area (Å²) in [6.07, 6.45) is 3.55. The Morgan fingerprint density at radius 2 is 1.97 bits per heavy atom. The van der Waals surface area contributed by atoms with Crippen LogP contribution in [0.2, 0.25) is 0 Å². The summed E-state index contributed by atoms with van der Waals surface area (Å²) in [6.45, 7) is 10.4.